The molecule has 2 amide bonds. The van der Waals surface area contributed by atoms with Crippen LogP contribution in [0, 0.1) is 5.92 Å². The third kappa shape index (κ3) is 5.30. The standard InChI is InChI=1S/C25H24ClN3O2/c1-17(30)29(16-19-7-8-19)24-12-10-20(13-22(24)26)23-11-9-21(15-27-23)25(31)28-14-18-5-3-2-4-6-18/h2-6,9-13,15,19H,7-8,14,16H2,1H3,(H,28,31). The molecule has 6 heteroatoms. The lowest BCUT2D eigenvalue weighted by Crippen LogP contribution is -2.30. The van der Waals surface area contributed by atoms with Gasteiger partial charge in [0.15, 0.2) is 0 Å². The van der Waals surface area contributed by atoms with Crippen molar-refractivity contribution in [3.63, 3.8) is 0 Å². The van der Waals surface area contributed by atoms with Gasteiger partial charge in [0.05, 0.1) is 22.0 Å². The van der Waals surface area contributed by atoms with Crippen LogP contribution in [0.25, 0.3) is 11.3 Å². The van der Waals surface area contributed by atoms with Gasteiger partial charge in [-0.2, -0.15) is 0 Å². The van der Waals surface area contributed by atoms with Crippen LogP contribution in [0.4, 0.5) is 5.69 Å². The van der Waals surface area contributed by atoms with E-state index in [1.165, 1.54) is 0 Å². The SMILES string of the molecule is CC(=O)N(CC1CC1)c1ccc(-c2ccc(C(=O)NCc3ccccc3)cn2)cc1Cl. The molecule has 1 aliphatic carbocycles. The normalized spacial score (nSPS) is 13.0. The third-order valence-corrected chi connectivity index (χ3v) is 5.68. The molecule has 0 radical (unpaired) electrons. The number of nitrogens with one attached hydrogen (secondary N) is 1. The average Bonchev–Trinajstić information content (AvgIpc) is 3.61. The van der Waals surface area contributed by atoms with Gasteiger partial charge in [-0.05, 0) is 48.6 Å². The molecule has 31 heavy (non-hydrogen) atoms. The predicted octanol–water partition coefficient (Wildman–Crippen LogP) is 5.09. The Kier molecular flexibility index (Phi) is 6.33. The van der Waals surface area contributed by atoms with Crippen molar-refractivity contribution in [1.29, 1.82) is 0 Å². The molecule has 1 heterocycles. The summed E-state index contributed by atoms with van der Waals surface area (Å²) >= 11 is 6.52. The van der Waals surface area contributed by atoms with E-state index in [4.69, 9.17) is 11.6 Å². The molecule has 1 N–H and O–H groups in total. The zero-order chi connectivity index (χ0) is 21.8. The monoisotopic (exact) mass is 433 g/mol. The van der Waals surface area contributed by atoms with E-state index in [1.54, 1.807) is 30.2 Å². The van der Waals surface area contributed by atoms with E-state index >= 15 is 0 Å². The van der Waals surface area contributed by atoms with Crippen LogP contribution in [0.3, 0.4) is 0 Å². The molecule has 1 fully saturated rings. The zero-order valence-electron chi connectivity index (χ0n) is 17.3. The molecule has 0 bridgehead atoms. The van der Waals surface area contributed by atoms with Crippen molar-refractivity contribution in [2.45, 2.75) is 26.3 Å². The molecule has 5 nitrogen and oxygen atoms in total. The number of aromatic nitrogens is 1. The molecule has 1 aliphatic rings. The number of nitrogens with zero attached hydrogens (tertiary/aromatic N) is 2. The fourth-order valence-electron chi connectivity index (χ4n) is 3.42. The summed E-state index contributed by atoms with van der Waals surface area (Å²) in [7, 11) is 0. The first-order valence-electron chi connectivity index (χ1n) is 10.4. The van der Waals surface area contributed by atoms with Crippen LogP contribution in [-0.2, 0) is 11.3 Å². The summed E-state index contributed by atoms with van der Waals surface area (Å²) in [5.41, 5.74) is 3.80. The van der Waals surface area contributed by atoms with Gasteiger partial charge in [-0.25, -0.2) is 0 Å². The van der Waals surface area contributed by atoms with Gasteiger partial charge >= 0.3 is 0 Å². The summed E-state index contributed by atoms with van der Waals surface area (Å²) in [4.78, 5) is 30.6. The maximum absolute atomic E-state index is 12.4. The van der Waals surface area contributed by atoms with Crippen LogP contribution in [-0.4, -0.2) is 23.3 Å². The molecule has 4 rings (SSSR count). The highest BCUT2D eigenvalue weighted by Gasteiger charge is 2.27. The predicted molar refractivity (Wildman–Crippen MR) is 123 cm³/mol. The second-order valence-electron chi connectivity index (χ2n) is 7.84. The zero-order valence-corrected chi connectivity index (χ0v) is 18.1. The minimum Gasteiger partial charge on any atom is -0.348 e. The summed E-state index contributed by atoms with van der Waals surface area (Å²) in [5.74, 6) is 0.390. The average molecular weight is 434 g/mol. The lowest BCUT2D eigenvalue weighted by Gasteiger charge is -2.22. The Hall–Kier alpha value is -3.18. The number of carbonyl (C=O) groups is 2. The van der Waals surface area contributed by atoms with Crippen molar-refractivity contribution in [1.82, 2.24) is 10.3 Å². The van der Waals surface area contributed by atoms with Gasteiger partial charge in [0.25, 0.3) is 5.91 Å². The Morgan fingerprint density at radius 2 is 1.87 bits per heavy atom. The summed E-state index contributed by atoms with van der Waals surface area (Å²) < 4.78 is 0. The fraction of sp³-hybridized carbons (Fsp3) is 0.240. The van der Waals surface area contributed by atoms with Crippen molar-refractivity contribution in [3.05, 3.63) is 83.0 Å². The van der Waals surface area contributed by atoms with E-state index in [-0.39, 0.29) is 11.8 Å². The number of hydrogen-bond acceptors (Lipinski definition) is 3. The first kappa shape index (κ1) is 21.1. The maximum Gasteiger partial charge on any atom is 0.253 e. The summed E-state index contributed by atoms with van der Waals surface area (Å²) in [6.45, 7) is 2.74. The minimum atomic E-state index is -0.173. The number of hydrogen-bond donors (Lipinski definition) is 1. The van der Waals surface area contributed by atoms with Crippen LogP contribution >= 0.6 is 11.6 Å². The molecule has 1 aromatic heterocycles. The second kappa shape index (κ2) is 9.31. The summed E-state index contributed by atoms with van der Waals surface area (Å²) in [6, 6.07) is 18.9. The van der Waals surface area contributed by atoms with Crippen molar-refractivity contribution >= 4 is 29.1 Å². The largest absolute Gasteiger partial charge is 0.348 e. The summed E-state index contributed by atoms with van der Waals surface area (Å²) in [6.07, 6.45) is 3.88. The molecule has 0 spiro atoms. The highest BCUT2D eigenvalue weighted by Crippen LogP contribution is 2.35. The first-order valence-corrected chi connectivity index (χ1v) is 10.8. The van der Waals surface area contributed by atoms with Crippen molar-refractivity contribution in [3.8, 4) is 11.3 Å². The molecule has 3 aromatic rings. The Labute approximate surface area is 187 Å². The summed E-state index contributed by atoms with van der Waals surface area (Å²) in [5, 5.41) is 3.41. The van der Waals surface area contributed by atoms with Gasteiger partial charge in [0.2, 0.25) is 5.91 Å². The maximum atomic E-state index is 12.4. The third-order valence-electron chi connectivity index (χ3n) is 5.37. The number of benzene rings is 2. The fourth-order valence-corrected chi connectivity index (χ4v) is 3.70. The Morgan fingerprint density at radius 3 is 2.48 bits per heavy atom. The lowest BCUT2D eigenvalue weighted by atomic mass is 10.1. The van der Waals surface area contributed by atoms with Gasteiger partial charge in [0, 0.05) is 31.8 Å². The number of pyridine rings is 1. The highest BCUT2D eigenvalue weighted by molar-refractivity contribution is 6.34. The van der Waals surface area contributed by atoms with E-state index in [2.05, 4.69) is 10.3 Å². The Bertz CT molecular complexity index is 1080. The van der Waals surface area contributed by atoms with Gasteiger partial charge in [-0.3, -0.25) is 14.6 Å². The highest BCUT2D eigenvalue weighted by atomic mass is 35.5. The van der Waals surface area contributed by atoms with E-state index in [9.17, 15) is 9.59 Å². The van der Waals surface area contributed by atoms with E-state index in [1.807, 2.05) is 48.5 Å². The lowest BCUT2D eigenvalue weighted by molar-refractivity contribution is -0.116. The molecule has 0 saturated heterocycles. The number of halogens is 1. The van der Waals surface area contributed by atoms with Crippen LogP contribution in [0.2, 0.25) is 5.02 Å². The van der Waals surface area contributed by atoms with Crippen molar-refractivity contribution in [2.75, 3.05) is 11.4 Å². The van der Waals surface area contributed by atoms with Crippen molar-refractivity contribution < 1.29 is 9.59 Å². The van der Waals surface area contributed by atoms with Gasteiger partial charge < -0.3 is 10.2 Å². The van der Waals surface area contributed by atoms with Crippen LogP contribution in [0.5, 0.6) is 0 Å². The van der Waals surface area contributed by atoms with Gasteiger partial charge in [-0.15, -0.1) is 0 Å². The van der Waals surface area contributed by atoms with Crippen LogP contribution < -0.4 is 10.2 Å². The van der Waals surface area contributed by atoms with E-state index in [0.717, 1.165) is 29.7 Å². The molecule has 0 atom stereocenters. The number of anilines is 1. The Morgan fingerprint density at radius 1 is 1.10 bits per heavy atom. The second-order valence-corrected chi connectivity index (χ2v) is 8.25. The van der Waals surface area contributed by atoms with Gasteiger partial charge in [-0.1, -0.05) is 48.0 Å². The molecule has 0 aliphatic heterocycles. The molecule has 158 valence electrons. The quantitative estimate of drug-likeness (QED) is 0.564. The molecule has 1 saturated carbocycles. The minimum absolute atomic E-state index is 0.00876. The molecule has 2 aromatic carbocycles. The van der Waals surface area contributed by atoms with Crippen molar-refractivity contribution in [2.24, 2.45) is 5.92 Å². The molecular formula is C25H24ClN3O2. The smallest absolute Gasteiger partial charge is 0.253 e. The topological polar surface area (TPSA) is 62.3 Å². The number of rotatable bonds is 7. The number of amides is 2. The van der Waals surface area contributed by atoms with Gasteiger partial charge in [0.1, 0.15) is 0 Å². The number of carbonyl (C=O) groups excluding carboxylic acids is 2. The molecular weight excluding hydrogens is 410 g/mol. The van der Waals surface area contributed by atoms with E-state index in [0.29, 0.717) is 35.3 Å². The van der Waals surface area contributed by atoms with E-state index < -0.39 is 0 Å². The first-order chi connectivity index (χ1) is 15.0. The Balaban J connectivity index is 1.45. The molecule has 0 unspecified atom stereocenters. The van der Waals surface area contributed by atoms with Crippen LogP contribution in [0.1, 0.15) is 35.7 Å². The van der Waals surface area contributed by atoms with Crippen LogP contribution in [0.15, 0.2) is 66.9 Å².